The smallest absolute Gasteiger partial charge is 0.255 e. The first-order chi connectivity index (χ1) is 12.7. The van der Waals surface area contributed by atoms with E-state index in [1.807, 2.05) is 18.1 Å². The molecule has 0 saturated carbocycles. The summed E-state index contributed by atoms with van der Waals surface area (Å²) in [4.78, 5) is 27.6. The molecule has 0 aromatic carbocycles. The zero-order chi connectivity index (χ0) is 18.4. The molecular formula is C19H25N5O2. The van der Waals surface area contributed by atoms with Crippen molar-refractivity contribution < 1.29 is 9.53 Å². The molecule has 26 heavy (non-hydrogen) atoms. The third-order valence-electron chi connectivity index (χ3n) is 4.79. The van der Waals surface area contributed by atoms with Crippen molar-refractivity contribution in [2.45, 2.75) is 25.7 Å². The molecule has 1 amide bonds. The highest BCUT2D eigenvalue weighted by Crippen LogP contribution is 2.22. The summed E-state index contributed by atoms with van der Waals surface area (Å²) < 4.78 is 5.05. The maximum atomic E-state index is 12.7. The normalized spacial score (nSPS) is 17.5. The number of hydrogen-bond donors (Lipinski definition) is 1. The number of nitrogens with zero attached hydrogens (tertiary/aromatic N) is 4. The molecule has 0 radical (unpaired) electrons. The van der Waals surface area contributed by atoms with E-state index in [-0.39, 0.29) is 5.91 Å². The summed E-state index contributed by atoms with van der Waals surface area (Å²) in [7, 11) is 3.40. The Labute approximate surface area is 153 Å². The molecule has 3 heterocycles. The minimum absolute atomic E-state index is 0.0407. The standard InChI is InChI=1S/C19H25N5O2/c1-20-17-13-21-16(12-22-17)10-14-4-3-8-24(9-7-14)19(25)15-5-6-18(26-2)23-11-15/h5-6,11-14H,3-4,7-10H2,1-2H3,(H,20,22)/t14-/m1/s1. The van der Waals surface area contributed by atoms with Crippen LogP contribution in [0.4, 0.5) is 5.82 Å². The summed E-state index contributed by atoms with van der Waals surface area (Å²) in [6.45, 7) is 1.54. The van der Waals surface area contributed by atoms with Gasteiger partial charge in [0.1, 0.15) is 5.82 Å². The molecule has 1 fully saturated rings. The number of carbonyl (C=O) groups excluding carboxylic acids is 1. The average molecular weight is 355 g/mol. The molecule has 7 heteroatoms. The fourth-order valence-electron chi connectivity index (χ4n) is 3.27. The fraction of sp³-hybridized carbons (Fsp3) is 0.474. The van der Waals surface area contributed by atoms with Crippen LogP contribution in [-0.2, 0) is 6.42 Å². The van der Waals surface area contributed by atoms with Crippen LogP contribution in [0.3, 0.4) is 0 Å². The lowest BCUT2D eigenvalue weighted by atomic mass is 9.95. The summed E-state index contributed by atoms with van der Waals surface area (Å²) >= 11 is 0. The number of likely N-dealkylation sites (tertiary alicyclic amines) is 1. The van der Waals surface area contributed by atoms with Gasteiger partial charge in [-0.1, -0.05) is 0 Å². The van der Waals surface area contributed by atoms with Crippen molar-refractivity contribution in [3.8, 4) is 5.88 Å². The molecule has 7 nitrogen and oxygen atoms in total. The largest absolute Gasteiger partial charge is 0.481 e. The van der Waals surface area contributed by atoms with Gasteiger partial charge in [-0.05, 0) is 37.7 Å². The third kappa shape index (κ3) is 4.47. The van der Waals surface area contributed by atoms with Crippen LogP contribution >= 0.6 is 0 Å². The van der Waals surface area contributed by atoms with Gasteiger partial charge in [0.2, 0.25) is 5.88 Å². The second-order valence-corrected chi connectivity index (χ2v) is 6.53. The Balaban J connectivity index is 1.57. The quantitative estimate of drug-likeness (QED) is 0.887. The molecule has 1 aliphatic heterocycles. The number of rotatable bonds is 5. The summed E-state index contributed by atoms with van der Waals surface area (Å²) in [5.74, 6) is 1.86. The van der Waals surface area contributed by atoms with Crippen LogP contribution in [0.5, 0.6) is 5.88 Å². The van der Waals surface area contributed by atoms with Crippen molar-refractivity contribution in [3.05, 3.63) is 42.0 Å². The van der Waals surface area contributed by atoms with Gasteiger partial charge in [0.15, 0.2) is 0 Å². The molecule has 1 atom stereocenters. The van der Waals surface area contributed by atoms with Crippen molar-refractivity contribution in [2.75, 3.05) is 32.6 Å². The van der Waals surface area contributed by atoms with E-state index >= 15 is 0 Å². The van der Waals surface area contributed by atoms with Gasteiger partial charge in [0.05, 0.1) is 30.8 Å². The molecule has 2 aromatic heterocycles. The maximum absolute atomic E-state index is 12.7. The zero-order valence-electron chi connectivity index (χ0n) is 15.3. The minimum Gasteiger partial charge on any atom is -0.481 e. The molecule has 138 valence electrons. The number of anilines is 1. The number of aromatic nitrogens is 3. The van der Waals surface area contributed by atoms with Crippen molar-refractivity contribution in [3.63, 3.8) is 0 Å². The number of amides is 1. The Morgan fingerprint density at radius 1 is 1.19 bits per heavy atom. The van der Waals surface area contributed by atoms with E-state index in [1.165, 1.54) is 0 Å². The number of ether oxygens (including phenoxy) is 1. The zero-order valence-corrected chi connectivity index (χ0v) is 15.3. The van der Waals surface area contributed by atoms with E-state index in [1.54, 1.807) is 31.6 Å². The number of methoxy groups -OCH3 is 1. The molecule has 1 saturated heterocycles. The highest BCUT2D eigenvalue weighted by Gasteiger charge is 2.22. The summed E-state index contributed by atoms with van der Waals surface area (Å²) in [5.41, 5.74) is 1.62. The highest BCUT2D eigenvalue weighted by atomic mass is 16.5. The molecule has 1 N–H and O–H groups in total. The monoisotopic (exact) mass is 355 g/mol. The van der Waals surface area contributed by atoms with Crippen LogP contribution < -0.4 is 10.1 Å². The first-order valence-corrected chi connectivity index (χ1v) is 8.97. The van der Waals surface area contributed by atoms with Crippen molar-refractivity contribution in [1.82, 2.24) is 19.9 Å². The lowest BCUT2D eigenvalue weighted by molar-refractivity contribution is 0.0759. The van der Waals surface area contributed by atoms with Crippen molar-refractivity contribution >= 4 is 11.7 Å². The van der Waals surface area contributed by atoms with Crippen LogP contribution in [0.1, 0.15) is 35.3 Å². The number of carbonyl (C=O) groups is 1. The molecule has 1 aliphatic rings. The van der Waals surface area contributed by atoms with Gasteiger partial charge in [0, 0.05) is 32.4 Å². The first-order valence-electron chi connectivity index (χ1n) is 8.97. The lowest BCUT2D eigenvalue weighted by Crippen LogP contribution is -2.32. The Kier molecular flexibility index (Phi) is 5.99. The Hall–Kier alpha value is -2.70. The number of nitrogens with one attached hydrogen (secondary N) is 1. The summed E-state index contributed by atoms with van der Waals surface area (Å²) in [5, 5.41) is 2.98. The van der Waals surface area contributed by atoms with Gasteiger partial charge >= 0.3 is 0 Å². The number of pyridine rings is 1. The summed E-state index contributed by atoms with van der Waals surface area (Å²) in [6, 6.07) is 3.50. The molecule has 0 aliphatic carbocycles. The topological polar surface area (TPSA) is 80.2 Å². The van der Waals surface area contributed by atoms with Gasteiger partial charge in [-0.2, -0.15) is 0 Å². The number of hydrogen-bond acceptors (Lipinski definition) is 6. The fourth-order valence-corrected chi connectivity index (χ4v) is 3.27. The van der Waals surface area contributed by atoms with Gasteiger partial charge in [0.25, 0.3) is 5.91 Å². The van der Waals surface area contributed by atoms with E-state index in [9.17, 15) is 4.79 Å². The summed E-state index contributed by atoms with van der Waals surface area (Å²) in [6.07, 6.45) is 9.17. The molecule has 3 rings (SSSR count). The van der Waals surface area contributed by atoms with Crippen LogP contribution in [0.2, 0.25) is 0 Å². The van der Waals surface area contributed by atoms with Crippen LogP contribution in [0.25, 0.3) is 0 Å². The predicted octanol–water partition coefficient (Wildman–Crippen LogP) is 2.41. The molecule has 0 spiro atoms. The minimum atomic E-state index is 0.0407. The Morgan fingerprint density at radius 3 is 2.73 bits per heavy atom. The maximum Gasteiger partial charge on any atom is 0.255 e. The van der Waals surface area contributed by atoms with Gasteiger partial charge in [-0.25, -0.2) is 9.97 Å². The SMILES string of the molecule is CNc1cnc(C[C@@H]2CCCN(C(=O)c3ccc(OC)nc3)CC2)cn1. The van der Waals surface area contributed by atoms with E-state index in [0.717, 1.165) is 50.3 Å². The molecule has 2 aromatic rings. The Morgan fingerprint density at radius 2 is 2.08 bits per heavy atom. The van der Waals surface area contributed by atoms with E-state index in [0.29, 0.717) is 17.4 Å². The third-order valence-corrected chi connectivity index (χ3v) is 4.79. The molecular weight excluding hydrogens is 330 g/mol. The van der Waals surface area contributed by atoms with Crippen LogP contribution in [-0.4, -0.2) is 53.0 Å². The van der Waals surface area contributed by atoms with Gasteiger partial charge in [-0.15, -0.1) is 0 Å². The van der Waals surface area contributed by atoms with Crippen LogP contribution in [0.15, 0.2) is 30.7 Å². The first kappa shape index (κ1) is 18.1. The molecule has 0 bridgehead atoms. The van der Waals surface area contributed by atoms with Crippen molar-refractivity contribution in [2.24, 2.45) is 5.92 Å². The van der Waals surface area contributed by atoms with Gasteiger partial charge in [-0.3, -0.25) is 9.78 Å². The van der Waals surface area contributed by atoms with E-state index in [4.69, 9.17) is 4.74 Å². The van der Waals surface area contributed by atoms with Gasteiger partial charge < -0.3 is 15.0 Å². The second kappa shape index (κ2) is 8.60. The average Bonchev–Trinajstić information content (AvgIpc) is 2.94. The Bertz CT molecular complexity index is 718. The second-order valence-electron chi connectivity index (χ2n) is 6.53. The van der Waals surface area contributed by atoms with E-state index < -0.39 is 0 Å². The van der Waals surface area contributed by atoms with Crippen molar-refractivity contribution in [1.29, 1.82) is 0 Å². The predicted molar refractivity (Wildman–Crippen MR) is 99.3 cm³/mol. The van der Waals surface area contributed by atoms with E-state index in [2.05, 4.69) is 20.3 Å². The lowest BCUT2D eigenvalue weighted by Gasteiger charge is -2.20. The van der Waals surface area contributed by atoms with Crippen LogP contribution in [0, 0.1) is 5.92 Å². The highest BCUT2D eigenvalue weighted by molar-refractivity contribution is 5.94. The molecule has 0 unspecified atom stereocenters.